The van der Waals surface area contributed by atoms with Crippen molar-refractivity contribution < 1.29 is 14.6 Å². The number of rotatable bonds is 4. The van der Waals surface area contributed by atoms with Crippen LogP contribution in [-0.4, -0.2) is 41.9 Å². The Kier molecular flexibility index (Phi) is 5.45. The number of amides is 1. The summed E-state index contributed by atoms with van der Waals surface area (Å²) in [5.74, 6) is 0. The maximum atomic E-state index is 11.2. The molecule has 0 saturated heterocycles. The average Bonchev–Trinajstić information content (AvgIpc) is 1.98. The van der Waals surface area contributed by atoms with Crippen molar-refractivity contribution in [1.29, 1.82) is 0 Å². The van der Waals surface area contributed by atoms with E-state index in [-0.39, 0.29) is 18.8 Å². The van der Waals surface area contributed by atoms with Gasteiger partial charge in [-0.25, -0.2) is 4.79 Å². The number of hydrogen-bond donors (Lipinski definition) is 1. The lowest BCUT2D eigenvalue weighted by atomic mass is 10.5. The minimum Gasteiger partial charge on any atom is -0.447 e. The summed E-state index contributed by atoms with van der Waals surface area (Å²) in [5.41, 5.74) is 0. The van der Waals surface area contributed by atoms with Gasteiger partial charge in [0.1, 0.15) is 0 Å². The molecule has 1 N–H and O–H groups in total. The molecule has 12 heavy (non-hydrogen) atoms. The van der Waals surface area contributed by atoms with E-state index in [4.69, 9.17) is 9.84 Å². The minimum atomic E-state index is -0.360. The number of likely N-dealkylation sites (N-methyl/N-ethyl adjacent to an activating group) is 1. The maximum Gasteiger partial charge on any atom is 0.410 e. The van der Waals surface area contributed by atoms with Crippen LogP contribution in [0.1, 0.15) is 20.8 Å². The Morgan fingerprint density at radius 1 is 1.58 bits per heavy atom. The maximum absolute atomic E-state index is 11.2. The standard InChI is InChI=1S/C8H17NO3/c1-4-9(5-6-10)8(11)12-7(2)3/h7,10H,4-6H2,1-3H3. The topological polar surface area (TPSA) is 49.8 Å². The summed E-state index contributed by atoms with van der Waals surface area (Å²) in [4.78, 5) is 12.6. The predicted molar refractivity (Wildman–Crippen MR) is 45.9 cm³/mol. The molecule has 0 bridgehead atoms. The summed E-state index contributed by atoms with van der Waals surface area (Å²) in [5, 5.41) is 8.60. The molecular weight excluding hydrogens is 158 g/mol. The molecule has 0 heterocycles. The van der Waals surface area contributed by atoms with Gasteiger partial charge in [0.15, 0.2) is 0 Å². The van der Waals surface area contributed by atoms with Gasteiger partial charge in [-0.2, -0.15) is 0 Å². The predicted octanol–water partition coefficient (Wildman–Crippen LogP) is 0.846. The van der Waals surface area contributed by atoms with Gasteiger partial charge in [0.05, 0.1) is 12.7 Å². The van der Waals surface area contributed by atoms with Crippen molar-refractivity contribution >= 4 is 6.09 Å². The van der Waals surface area contributed by atoms with E-state index in [0.717, 1.165) is 0 Å². The quantitative estimate of drug-likeness (QED) is 0.689. The third kappa shape index (κ3) is 4.18. The van der Waals surface area contributed by atoms with E-state index in [1.54, 1.807) is 13.8 Å². The van der Waals surface area contributed by atoms with Crippen LogP contribution in [0.4, 0.5) is 4.79 Å². The number of aliphatic hydroxyl groups excluding tert-OH is 1. The van der Waals surface area contributed by atoms with Gasteiger partial charge in [-0.05, 0) is 20.8 Å². The van der Waals surface area contributed by atoms with Gasteiger partial charge in [-0.15, -0.1) is 0 Å². The number of nitrogens with zero attached hydrogens (tertiary/aromatic N) is 1. The SMILES string of the molecule is CCN(CCO)C(=O)OC(C)C. The van der Waals surface area contributed by atoms with Gasteiger partial charge in [0, 0.05) is 13.1 Å². The molecule has 0 aromatic heterocycles. The van der Waals surface area contributed by atoms with Crippen LogP contribution in [0, 0.1) is 0 Å². The molecule has 0 aliphatic rings. The van der Waals surface area contributed by atoms with Crippen molar-refractivity contribution in [2.45, 2.75) is 26.9 Å². The van der Waals surface area contributed by atoms with Crippen LogP contribution >= 0.6 is 0 Å². The highest BCUT2D eigenvalue weighted by atomic mass is 16.6. The molecule has 72 valence electrons. The van der Waals surface area contributed by atoms with Gasteiger partial charge in [0.2, 0.25) is 0 Å². The van der Waals surface area contributed by atoms with E-state index < -0.39 is 0 Å². The summed E-state index contributed by atoms with van der Waals surface area (Å²) in [6.07, 6.45) is -0.466. The monoisotopic (exact) mass is 175 g/mol. The molecule has 0 aromatic carbocycles. The van der Waals surface area contributed by atoms with Crippen LogP contribution in [0.3, 0.4) is 0 Å². The molecule has 4 heteroatoms. The molecule has 0 aliphatic carbocycles. The molecule has 0 spiro atoms. The van der Waals surface area contributed by atoms with Crippen LogP contribution in [-0.2, 0) is 4.74 Å². The lowest BCUT2D eigenvalue weighted by Gasteiger charge is -2.20. The first-order valence-electron chi connectivity index (χ1n) is 4.18. The van der Waals surface area contributed by atoms with Crippen LogP contribution in [0.2, 0.25) is 0 Å². The van der Waals surface area contributed by atoms with Crippen LogP contribution < -0.4 is 0 Å². The first kappa shape index (κ1) is 11.2. The molecule has 0 aliphatic heterocycles. The third-order valence-electron chi connectivity index (χ3n) is 1.35. The van der Waals surface area contributed by atoms with Gasteiger partial charge in [0.25, 0.3) is 0 Å². The zero-order chi connectivity index (χ0) is 9.56. The molecule has 4 nitrogen and oxygen atoms in total. The van der Waals surface area contributed by atoms with E-state index in [2.05, 4.69) is 0 Å². The molecule has 1 amide bonds. The molecule has 0 aromatic rings. The minimum absolute atomic E-state index is 0.0268. The van der Waals surface area contributed by atoms with Crippen LogP contribution in [0.25, 0.3) is 0 Å². The van der Waals surface area contributed by atoms with Crippen LogP contribution in [0.15, 0.2) is 0 Å². The average molecular weight is 175 g/mol. The number of hydrogen-bond acceptors (Lipinski definition) is 3. The Morgan fingerprint density at radius 3 is 2.50 bits per heavy atom. The van der Waals surface area contributed by atoms with Crippen molar-refractivity contribution in [2.24, 2.45) is 0 Å². The summed E-state index contributed by atoms with van der Waals surface area (Å²) < 4.78 is 4.93. The Hall–Kier alpha value is -0.770. The van der Waals surface area contributed by atoms with Crippen molar-refractivity contribution in [3.63, 3.8) is 0 Å². The number of ether oxygens (including phenoxy) is 1. The summed E-state index contributed by atoms with van der Waals surface area (Å²) in [6.45, 7) is 6.31. The van der Waals surface area contributed by atoms with Crippen molar-refractivity contribution in [3.8, 4) is 0 Å². The fourth-order valence-corrected chi connectivity index (χ4v) is 0.775. The molecule has 0 fully saturated rings. The Balaban J connectivity index is 3.85. The molecule has 0 unspecified atom stereocenters. The first-order chi connectivity index (χ1) is 5.61. The highest BCUT2D eigenvalue weighted by Gasteiger charge is 2.12. The number of carbonyl (C=O) groups is 1. The van der Waals surface area contributed by atoms with Crippen LogP contribution in [0.5, 0.6) is 0 Å². The van der Waals surface area contributed by atoms with Crippen molar-refractivity contribution in [1.82, 2.24) is 4.90 Å². The van der Waals surface area contributed by atoms with E-state index in [1.165, 1.54) is 4.90 Å². The van der Waals surface area contributed by atoms with Gasteiger partial charge in [-0.1, -0.05) is 0 Å². The molecule has 0 saturated carbocycles. The fraction of sp³-hybridized carbons (Fsp3) is 0.875. The second kappa shape index (κ2) is 5.83. The van der Waals surface area contributed by atoms with E-state index in [1.807, 2.05) is 6.92 Å². The summed E-state index contributed by atoms with van der Waals surface area (Å²) in [6, 6.07) is 0. The second-order valence-corrected chi connectivity index (χ2v) is 2.74. The second-order valence-electron chi connectivity index (χ2n) is 2.74. The smallest absolute Gasteiger partial charge is 0.410 e. The van der Waals surface area contributed by atoms with E-state index >= 15 is 0 Å². The lowest BCUT2D eigenvalue weighted by Crippen LogP contribution is -2.35. The third-order valence-corrected chi connectivity index (χ3v) is 1.35. The summed E-state index contributed by atoms with van der Waals surface area (Å²) >= 11 is 0. The van der Waals surface area contributed by atoms with E-state index in [9.17, 15) is 4.79 Å². The lowest BCUT2D eigenvalue weighted by molar-refractivity contribution is 0.0725. The normalized spacial score (nSPS) is 10.1. The summed E-state index contributed by atoms with van der Waals surface area (Å²) in [7, 11) is 0. The van der Waals surface area contributed by atoms with Crippen molar-refractivity contribution in [2.75, 3.05) is 19.7 Å². The zero-order valence-electron chi connectivity index (χ0n) is 7.91. The zero-order valence-corrected chi connectivity index (χ0v) is 7.91. The van der Waals surface area contributed by atoms with Gasteiger partial charge in [-0.3, -0.25) is 0 Å². The van der Waals surface area contributed by atoms with Crippen molar-refractivity contribution in [3.05, 3.63) is 0 Å². The highest BCUT2D eigenvalue weighted by molar-refractivity contribution is 5.67. The highest BCUT2D eigenvalue weighted by Crippen LogP contribution is 1.97. The number of aliphatic hydroxyl groups is 1. The number of carbonyl (C=O) groups excluding carboxylic acids is 1. The Bertz CT molecular complexity index is 136. The molecule has 0 radical (unpaired) electrons. The van der Waals surface area contributed by atoms with E-state index in [0.29, 0.717) is 13.1 Å². The first-order valence-corrected chi connectivity index (χ1v) is 4.18. The fourth-order valence-electron chi connectivity index (χ4n) is 0.775. The van der Waals surface area contributed by atoms with Gasteiger partial charge < -0.3 is 14.7 Å². The Morgan fingerprint density at radius 2 is 2.17 bits per heavy atom. The Labute approximate surface area is 73.1 Å². The van der Waals surface area contributed by atoms with Gasteiger partial charge >= 0.3 is 6.09 Å². The molecule has 0 atom stereocenters. The molecule has 0 rings (SSSR count). The molecular formula is C8H17NO3. The largest absolute Gasteiger partial charge is 0.447 e.